The van der Waals surface area contributed by atoms with Crippen molar-refractivity contribution in [1.82, 2.24) is 10.3 Å². The number of amides is 1. The van der Waals surface area contributed by atoms with Gasteiger partial charge in [0.1, 0.15) is 0 Å². The molecular weight excluding hydrogens is 258 g/mol. The number of ether oxygens (including phenoxy) is 1. The van der Waals surface area contributed by atoms with Crippen molar-refractivity contribution in [3.63, 3.8) is 0 Å². The van der Waals surface area contributed by atoms with Crippen molar-refractivity contribution in [2.45, 2.75) is 0 Å². The van der Waals surface area contributed by atoms with Gasteiger partial charge in [-0.05, 0) is 0 Å². The molecule has 1 saturated heterocycles. The standard InChI is InChI=1S/C14H17N3O3/c18-13(12-4-2-1-3-5-12)10-15-16-14(19)11-17-6-8-20-9-7-17/h1-5,10H,6-9,11H2,(H,16,19). The predicted molar refractivity (Wildman–Crippen MR) is 74.7 cm³/mol. The van der Waals surface area contributed by atoms with Gasteiger partial charge in [0.2, 0.25) is 5.78 Å². The molecule has 0 radical (unpaired) electrons. The van der Waals surface area contributed by atoms with Crippen LogP contribution in [-0.4, -0.2) is 55.7 Å². The van der Waals surface area contributed by atoms with Crippen LogP contribution in [0.4, 0.5) is 0 Å². The third-order valence-corrected chi connectivity index (χ3v) is 2.90. The lowest BCUT2D eigenvalue weighted by atomic mass is 10.1. The maximum atomic E-state index is 11.7. The Balaban J connectivity index is 1.75. The van der Waals surface area contributed by atoms with Crippen molar-refractivity contribution in [2.24, 2.45) is 5.10 Å². The minimum atomic E-state index is -0.239. The van der Waals surface area contributed by atoms with E-state index in [-0.39, 0.29) is 18.2 Å². The number of hydrogen-bond donors (Lipinski definition) is 1. The molecule has 1 N–H and O–H groups in total. The van der Waals surface area contributed by atoms with E-state index < -0.39 is 0 Å². The Hall–Kier alpha value is -2.05. The summed E-state index contributed by atoms with van der Waals surface area (Å²) in [5, 5.41) is 3.68. The van der Waals surface area contributed by atoms with Crippen LogP contribution in [0.25, 0.3) is 0 Å². The second-order valence-corrected chi connectivity index (χ2v) is 4.41. The summed E-state index contributed by atoms with van der Waals surface area (Å²) < 4.78 is 5.20. The molecule has 1 amide bonds. The molecule has 0 unspecified atom stereocenters. The van der Waals surface area contributed by atoms with Crippen LogP contribution in [0.15, 0.2) is 35.4 Å². The number of morpholine rings is 1. The van der Waals surface area contributed by atoms with E-state index in [9.17, 15) is 9.59 Å². The molecule has 1 aromatic carbocycles. The fourth-order valence-corrected chi connectivity index (χ4v) is 1.84. The quantitative estimate of drug-likeness (QED) is 0.477. The maximum absolute atomic E-state index is 11.7. The largest absolute Gasteiger partial charge is 0.379 e. The number of benzene rings is 1. The number of carbonyl (C=O) groups is 2. The summed E-state index contributed by atoms with van der Waals surface area (Å²) in [7, 11) is 0. The average molecular weight is 275 g/mol. The third kappa shape index (κ3) is 4.56. The second-order valence-electron chi connectivity index (χ2n) is 4.41. The van der Waals surface area contributed by atoms with Gasteiger partial charge in [-0.3, -0.25) is 14.5 Å². The van der Waals surface area contributed by atoms with Gasteiger partial charge in [0, 0.05) is 18.7 Å². The van der Waals surface area contributed by atoms with E-state index in [2.05, 4.69) is 10.5 Å². The molecule has 6 heteroatoms. The van der Waals surface area contributed by atoms with Gasteiger partial charge in [-0.1, -0.05) is 30.3 Å². The van der Waals surface area contributed by atoms with Gasteiger partial charge in [-0.25, -0.2) is 5.43 Å². The summed E-state index contributed by atoms with van der Waals surface area (Å²) >= 11 is 0. The highest BCUT2D eigenvalue weighted by Gasteiger charge is 2.13. The van der Waals surface area contributed by atoms with Gasteiger partial charge in [-0.2, -0.15) is 5.10 Å². The number of hydrogen-bond acceptors (Lipinski definition) is 5. The molecule has 1 heterocycles. The molecule has 106 valence electrons. The van der Waals surface area contributed by atoms with Gasteiger partial charge >= 0.3 is 0 Å². The summed E-state index contributed by atoms with van der Waals surface area (Å²) in [6.45, 7) is 3.02. The Bertz CT molecular complexity index is 482. The molecule has 1 aliphatic heterocycles. The van der Waals surface area contributed by atoms with E-state index in [4.69, 9.17) is 4.74 Å². The Morgan fingerprint density at radius 2 is 1.95 bits per heavy atom. The maximum Gasteiger partial charge on any atom is 0.254 e. The van der Waals surface area contributed by atoms with Crippen LogP contribution in [0.5, 0.6) is 0 Å². The van der Waals surface area contributed by atoms with E-state index in [1.807, 2.05) is 11.0 Å². The molecule has 0 atom stereocenters. The Morgan fingerprint density at radius 3 is 2.65 bits per heavy atom. The summed E-state index contributed by atoms with van der Waals surface area (Å²) in [4.78, 5) is 25.3. The average Bonchev–Trinajstić information content (AvgIpc) is 2.49. The fourth-order valence-electron chi connectivity index (χ4n) is 1.84. The van der Waals surface area contributed by atoms with Gasteiger partial charge in [0.05, 0.1) is 26.0 Å². The van der Waals surface area contributed by atoms with E-state index in [1.165, 1.54) is 0 Å². The second kappa shape index (κ2) is 7.52. The summed E-state index contributed by atoms with van der Waals surface area (Å²) in [6, 6.07) is 8.78. The molecule has 0 bridgehead atoms. The first kappa shape index (κ1) is 14.4. The molecule has 1 aromatic rings. The van der Waals surface area contributed by atoms with Crippen molar-refractivity contribution in [3.8, 4) is 0 Å². The third-order valence-electron chi connectivity index (χ3n) is 2.90. The molecule has 0 spiro atoms. The van der Waals surface area contributed by atoms with Crippen molar-refractivity contribution in [3.05, 3.63) is 35.9 Å². The zero-order valence-corrected chi connectivity index (χ0v) is 11.1. The number of hydrazone groups is 1. The van der Waals surface area contributed by atoms with E-state index >= 15 is 0 Å². The van der Waals surface area contributed by atoms with Gasteiger partial charge < -0.3 is 4.74 Å². The molecule has 0 aliphatic carbocycles. The first-order valence-corrected chi connectivity index (χ1v) is 6.47. The lowest BCUT2D eigenvalue weighted by Gasteiger charge is -2.25. The molecule has 20 heavy (non-hydrogen) atoms. The van der Waals surface area contributed by atoms with Gasteiger partial charge in [0.25, 0.3) is 5.91 Å². The Labute approximate surface area is 117 Å². The lowest BCUT2D eigenvalue weighted by Crippen LogP contribution is -2.42. The zero-order valence-electron chi connectivity index (χ0n) is 11.1. The normalized spacial score (nSPS) is 16.2. The minimum absolute atomic E-state index is 0.232. The fraction of sp³-hybridized carbons (Fsp3) is 0.357. The highest BCUT2D eigenvalue weighted by Crippen LogP contribution is 1.98. The van der Waals surface area contributed by atoms with Crippen LogP contribution in [0.2, 0.25) is 0 Å². The number of Topliss-reactive ketones (excluding diaryl/α,β-unsaturated/α-hetero) is 1. The van der Waals surface area contributed by atoms with Crippen LogP contribution < -0.4 is 5.43 Å². The molecule has 0 saturated carbocycles. The van der Waals surface area contributed by atoms with E-state index in [0.717, 1.165) is 19.3 Å². The SMILES string of the molecule is O=C(CN1CCOCC1)NN=CC(=O)c1ccccc1. The van der Waals surface area contributed by atoms with Crippen molar-refractivity contribution in [1.29, 1.82) is 0 Å². The van der Waals surface area contributed by atoms with Crippen molar-refractivity contribution < 1.29 is 14.3 Å². The smallest absolute Gasteiger partial charge is 0.254 e. The van der Waals surface area contributed by atoms with Crippen molar-refractivity contribution >= 4 is 17.9 Å². The summed E-state index contributed by atoms with van der Waals surface area (Å²) in [5.74, 6) is -0.471. The Kier molecular flexibility index (Phi) is 5.40. The lowest BCUT2D eigenvalue weighted by molar-refractivity contribution is -0.123. The highest BCUT2D eigenvalue weighted by atomic mass is 16.5. The summed E-state index contributed by atoms with van der Waals surface area (Å²) in [6.07, 6.45) is 1.12. The van der Waals surface area contributed by atoms with Crippen LogP contribution in [0.1, 0.15) is 10.4 Å². The first-order valence-electron chi connectivity index (χ1n) is 6.47. The Morgan fingerprint density at radius 1 is 1.25 bits per heavy atom. The molecular formula is C14H17N3O3. The van der Waals surface area contributed by atoms with Crippen molar-refractivity contribution in [2.75, 3.05) is 32.8 Å². The van der Waals surface area contributed by atoms with Gasteiger partial charge in [-0.15, -0.1) is 0 Å². The van der Waals surface area contributed by atoms with Crippen LogP contribution in [0.3, 0.4) is 0 Å². The molecule has 6 nitrogen and oxygen atoms in total. The number of rotatable bonds is 5. The van der Waals surface area contributed by atoms with Crippen LogP contribution >= 0.6 is 0 Å². The number of nitrogens with zero attached hydrogens (tertiary/aromatic N) is 2. The van der Waals surface area contributed by atoms with E-state index in [0.29, 0.717) is 18.8 Å². The molecule has 1 aliphatic rings. The molecule has 2 rings (SSSR count). The monoisotopic (exact) mass is 275 g/mol. The topological polar surface area (TPSA) is 71.0 Å². The number of carbonyl (C=O) groups excluding carboxylic acids is 2. The van der Waals surface area contributed by atoms with Crippen LogP contribution in [-0.2, 0) is 9.53 Å². The zero-order chi connectivity index (χ0) is 14.2. The first-order chi connectivity index (χ1) is 9.75. The molecule has 1 fully saturated rings. The highest BCUT2D eigenvalue weighted by molar-refractivity contribution is 6.35. The predicted octanol–water partition coefficient (Wildman–Crippen LogP) is 0.304. The summed E-state index contributed by atoms with van der Waals surface area (Å²) in [5.41, 5.74) is 2.90. The number of ketones is 1. The minimum Gasteiger partial charge on any atom is -0.379 e. The molecule has 0 aromatic heterocycles. The number of nitrogens with one attached hydrogen (secondary N) is 1. The van der Waals surface area contributed by atoms with Crippen LogP contribution in [0, 0.1) is 0 Å². The van der Waals surface area contributed by atoms with Gasteiger partial charge in [0.15, 0.2) is 0 Å². The van der Waals surface area contributed by atoms with E-state index in [1.54, 1.807) is 24.3 Å².